The summed E-state index contributed by atoms with van der Waals surface area (Å²) in [4.78, 5) is 11.1. The van der Waals surface area contributed by atoms with Crippen LogP contribution in [0.1, 0.15) is 23.5 Å². The molecule has 0 aromatic heterocycles. The zero-order valence-electron chi connectivity index (χ0n) is 9.85. The second-order valence-electron chi connectivity index (χ2n) is 4.34. The van der Waals surface area contributed by atoms with E-state index in [4.69, 9.17) is 9.84 Å². The predicted octanol–water partition coefficient (Wildman–Crippen LogP) is 1.36. The minimum absolute atomic E-state index is 0.0732. The first-order chi connectivity index (χ1) is 8.22. The van der Waals surface area contributed by atoms with Gasteiger partial charge in [-0.1, -0.05) is 24.3 Å². The smallest absolute Gasteiger partial charge is 0.321 e. The van der Waals surface area contributed by atoms with E-state index in [1.165, 1.54) is 0 Å². The van der Waals surface area contributed by atoms with E-state index in [0.29, 0.717) is 6.61 Å². The van der Waals surface area contributed by atoms with Crippen LogP contribution in [0.4, 0.5) is 0 Å². The van der Waals surface area contributed by atoms with E-state index >= 15 is 0 Å². The van der Waals surface area contributed by atoms with Gasteiger partial charge in [-0.2, -0.15) is 0 Å². The number of hydrogen-bond donors (Lipinski definition) is 2. The topological polar surface area (TPSA) is 58.6 Å². The van der Waals surface area contributed by atoms with Crippen molar-refractivity contribution in [3.63, 3.8) is 0 Å². The Kier molecular flexibility index (Phi) is 3.76. The number of carboxylic acids is 1. The lowest BCUT2D eigenvalue weighted by atomic mass is 9.91. The van der Waals surface area contributed by atoms with E-state index in [2.05, 4.69) is 5.32 Å². The molecule has 0 bridgehead atoms. The zero-order chi connectivity index (χ0) is 12.3. The molecule has 0 radical (unpaired) electrons. The van der Waals surface area contributed by atoms with E-state index in [1.54, 1.807) is 7.11 Å². The van der Waals surface area contributed by atoms with Crippen LogP contribution in [0.2, 0.25) is 0 Å². The minimum atomic E-state index is -0.770. The second kappa shape index (κ2) is 5.29. The Morgan fingerprint density at radius 2 is 2.18 bits per heavy atom. The molecule has 4 heteroatoms. The molecule has 17 heavy (non-hydrogen) atoms. The summed E-state index contributed by atoms with van der Waals surface area (Å²) in [5, 5.41) is 12.1. The quantitative estimate of drug-likeness (QED) is 0.827. The molecule has 1 aliphatic heterocycles. The molecule has 2 atom stereocenters. The van der Waals surface area contributed by atoms with Crippen LogP contribution in [0.15, 0.2) is 24.3 Å². The number of hydrogen-bond acceptors (Lipinski definition) is 3. The number of rotatable bonds is 4. The normalized spacial score (nSPS) is 23.8. The number of nitrogens with one attached hydrogen (secondary N) is 1. The monoisotopic (exact) mass is 235 g/mol. The van der Waals surface area contributed by atoms with Gasteiger partial charge in [-0.3, -0.25) is 4.79 Å². The Bertz CT molecular complexity index is 388. The highest BCUT2D eigenvalue weighted by molar-refractivity contribution is 5.75. The number of methoxy groups -OCH3 is 1. The SMILES string of the molecule is COCc1ccc([C@@H]2CCN[C@@H]2C(=O)O)cc1. The minimum Gasteiger partial charge on any atom is -0.480 e. The lowest BCUT2D eigenvalue weighted by molar-refractivity contribution is -0.139. The first-order valence-electron chi connectivity index (χ1n) is 5.76. The number of benzene rings is 1. The van der Waals surface area contributed by atoms with Gasteiger partial charge in [-0.15, -0.1) is 0 Å². The molecule has 1 saturated heterocycles. The molecule has 0 amide bonds. The summed E-state index contributed by atoms with van der Waals surface area (Å²) < 4.78 is 5.05. The van der Waals surface area contributed by atoms with Crippen molar-refractivity contribution in [2.24, 2.45) is 0 Å². The third-order valence-electron chi connectivity index (χ3n) is 3.21. The third kappa shape index (κ3) is 2.65. The molecule has 1 aliphatic rings. The van der Waals surface area contributed by atoms with Crippen molar-refractivity contribution in [1.82, 2.24) is 5.32 Å². The molecule has 0 saturated carbocycles. The van der Waals surface area contributed by atoms with Crippen molar-refractivity contribution >= 4 is 5.97 Å². The Balaban J connectivity index is 2.13. The molecule has 1 heterocycles. The number of ether oxygens (including phenoxy) is 1. The van der Waals surface area contributed by atoms with Crippen molar-refractivity contribution in [2.75, 3.05) is 13.7 Å². The standard InChI is InChI=1S/C13H17NO3/c1-17-8-9-2-4-10(5-3-9)11-6-7-14-12(11)13(15)16/h2-5,11-12,14H,6-8H2,1H3,(H,15,16)/t11-,12-/m0/s1. The fraction of sp³-hybridized carbons (Fsp3) is 0.462. The molecule has 2 N–H and O–H groups in total. The summed E-state index contributed by atoms with van der Waals surface area (Å²) >= 11 is 0. The molecular weight excluding hydrogens is 218 g/mol. The van der Waals surface area contributed by atoms with Gasteiger partial charge in [0.25, 0.3) is 0 Å². The van der Waals surface area contributed by atoms with Gasteiger partial charge >= 0.3 is 5.97 Å². The highest BCUT2D eigenvalue weighted by Crippen LogP contribution is 2.28. The number of carboxylic acid groups (broad SMARTS) is 1. The second-order valence-corrected chi connectivity index (χ2v) is 4.34. The van der Waals surface area contributed by atoms with Crippen LogP contribution in [0, 0.1) is 0 Å². The van der Waals surface area contributed by atoms with Gasteiger partial charge in [0, 0.05) is 13.0 Å². The van der Waals surface area contributed by atoms with Gasteiger partial charge in [0.1, 0.15) is 6.04 Å². The van der Waals surface area contributed by atoms with Gasteiger partial charge in [-0.05, 0) is 24.1 Å². The fourth-order valence-corrected chi connectivity index (χ4v) is 2.35. The van der Waals surface area contributed by atoms with Crippen LogP contribution in [0.25, 0.3) is 0 Å². The number of aliphatic carboxylic acids is 1. The van der Waals surface area contributed by atoms with Gasteiger partial charge in [-0.25, -0.2) is 0 Å². The van der Waals surface area contributed by atoms with Crippen molar-refractivity contribution in [3.05, 3.63) is 35.4 Å². The Morgan fingerprint density at radius 3 is 2.76 bits per heavy atom. The van der Waals surface area contributed by atoms with Crippen LogP contribution in [-0.4, -0.2) is 30.8 Å². The lowest BCUT2D eigenvalue weighted by Gasteiger charge is -2.16. The first-order valence-corrected chi connectivity index (χ1v) is 5.76. The average Bonchev–Trinajstić information content (AvgIpc) is 2.79. The fourth-order valence-electron chi connectivity index (χ4n) is 2.35. The summed E-state index contributed by atoms with van der Waals surface area (Å²) in [7, 11) is 1.66. The summed E-state index contributed by atoms with van der Waals surface area (Å²) in [6.45, 7) is 1.35. The van der Waals surface area contributed by atoms with Crippen LogP contribution in [0.3, 0.4) is 0 Å². The van der Waals surface area contributed by atoms with Crippen molar-refractivity contribution in [2.45, 2.75) is 25.0 Å². The summed E-state index contributed by atoms with van der Waals surface area (Å²) in [6.07, 6.45) is 0.876. The van der Waals surface area contributed by atoms with Crippen molar-refractivity contribution in [3.8, 4) is 0 Å². The Morgan fingerprint density at radius 1 is 1.47 bits per heavy atom. The van der Waals surface area contributed by atoms with E-state index in [9.17, 15) is 4.79 Å². The van der Waals surface area contributed by atoms with E-state index in [0.717, 1.165) is 24.1 Å². The summed E-state index contributed by atoms with van der Waals surface area (Å²) in [6, 6.07) is 7.54. The molecule has 2 rings (SSSR count). The largest absolute Gasteiger partial charge is 0.480 e. The molecule has 92 valence electrons. The molecule has 0 aliphatic carbocycles. The molecule has 1 fully saturated rings. The van der Waals surface area contributed by atoms with Crippen molar-refractivity contribution < 1.29 is 14.6 Å². The maximum Gasteiger partial charge on any atom is 0.321 e. The Hall–Kier alpha value is -1.39. The van der Waals surface area contributed by atoms with Gasteiger partial charge < -0.3 is 15.2 Å². The summed E-state index contributed by atoms with van der Waals surface area (Å²) in [5.74, 6) is -0.697. The molecule has 1 aromatic rings. The predicted molar refractivity (Wildman–Crippen MR) is 63.9 cm³/mol. The maximum atomic E-state index is 11.1. The molecule has 1 aromatic carbocycles. The van der Waals surface area contributed by atoms with E-state index < -0.39 is 12.0 Å². The third-order valence-corrected chi connectivity index (χ3v) is 3.21. The molecule has 4 nitrogen and oxygen atoms in total. The van der Waals surface area contributed by atoms with Crippen LogP contribution in [0.5, 0.6) is 0 Å². The zero-order valence-corrected chi connectivity index (χ0v) is 9.85. The lowest BCUT2D eigenvalue weighted by Crippen LogP contribution is -2.34. The van der Waals surface area contributed by atoms with E-state index in [1.807, 2.05) is 24.3 Å². The van der Waals surface area contributed by atoms with E-state index in [-0.39, 0.29) is 5.92 Å². The van der Waals surface area contributed by atoms with Gasteiger partial charge in [0.15, 0.2) is 0 Å². The summed E-state index contributed by atoms with van der Waals surface area (Å²) in [5.41, 5.74) is 2.19. The maximum absolute atomic E-state index is 11.1. The van der Waals surface area contributed by atoms with Crippen LogP contribution >= 0.6 is 0 Å². The molecule has 0 unspecified atom stereocenters. The highest BCUT2D eigenvalue weighted by atomic mass is 16.5. The van der Waals surface area contributed by atoms with Crippen LogP contribution < -0.4 is 5.32 Å². The highest BCUT2D eigenvalue weighted by Gasteiger charge is 2.33. The average molecular weight is 235 g/mol. The molecular formula is C13H17NO3. The van der Waals surface area contributed by atoms with Crippen molar-refractivity contribution in [1.29, 1.82) is 0 Å². The van der Waals surface area contributed by atoms with Gasteiger partial charge in [0.2, 0.25) is 0 Å². The first kappa shape index (κ1) is 12.1. The van der Waals surface area contributed by atoms with Gasteiger partial charge in [0.05, 0.1) is 6.61 Å². The Labute approximate surface area is 101 Å². The number of carbonyl (C=O) groups is 1. The molecule has 0 spiro atoms. The van der Waals surface area contributed by atoms with Crippen LogP contribution in [-0.2, 0) is 16.1 Å².